The zero-order valence-electron chi connectivity index (χ0n) is 11.2. The second-order valence-electron chi connectivity index (χ2n) is 4.38. The fraction of sp³-hybridized carbons (Fsp3) is 0.385. The smallest absolute Gasteiger partial charge is 0.339 e. The normalized spacial score (nSPS) is 10.7. The Balaban J connectivity index is 2.65. The number of nitrogens with zero attached hydrogens (tertiary/aromatic N) is 4. The average molecular weight is 260 g/mol. The van der Waals surface area contributed by atoms with Crippen molar-refractivity contribution in [3.63, 3.8) is 0 Å². The van der Waals surface area contributed by atoms with E-state index in [2.05, 4.69) is 15.2 Å². The molecule has 0 aliphatic carbocycles. The van der Waals surface area contributed by atoms with Crippen molar-refractivity contribution in [1.82, 2.24) is 19.7 Å². The Hall–Kier alpha value is -2.24. The first-order chi connectivity index (χ1) is 9.06. The highest BCUT2D eigenvalue weighted by atomic mass is 16.4. The van der Waals surface area contributed by atoms with Crippen LogP contribution >= 0.6 is 0 Å². The van der Waals surface area contributed by atoms with Crippen LogP contribution in [-0.2, 0) is 6.42 Å². The Morgan fingerprint density at radius 3 is 2.74 bits per heavy atom. The van der Waals surface area contributed by atoms with Crippen molar-refractivity contribution in [3.8, 4) is 5.82 Å². The molecule has 0 aliphatic heterocycles. The maximum Gasteiger partial charge on any atom is 0.339 e. The molecule has 0 saturated carbocycles. The molecule has 0 aromatic carbocycles. The van der Waals surface area contributed by atoms with Gasteiger partial charge in [-0.05, 0) is 25.8 Å². The van der Waals surface area contributed by atoms with Crippen LogP contribution in [0, 0.1) is 13.8 Å². The van der Waals surface area contributed by atoms with Crippen LogP contribution in [0.1, 0.15) is 40.8 Å². The molecule has 0 unspecified atom stereocenters. The Kier molecular flexibility index (Phi) is 3.59. The van der Waals surface area contributed by atoms with Crippen LogP contribution in [-0.4, -0.2) is 30.8 Å². The van der Waals surface area contributed by atoms with Crippen molar-refractivity contribution < 1.29 is 9.90 Å². The lowest BCUT2D eigenvalue weighted by atomic mass is 10.1. The molecule has 2 heterocycles. The van der Waals surface area contributed by atoms with E-state index >= 15 is 0 Å². The quantitative estimate of drug-likeness (QED) is 0.908. The largest absolute Gasteiger partial charge is 0.478 e. The van der Waals surface area contributed by atoms with Gasteiger partial charge in [0.2, 0.25) is 0 Å². The van der Waals surface area contributed by atoms with E-state index in [9.17, 15) is 9.90 Å². The third-order valence-corrected chi connectivity index (χ3v) is 3.07. The molecule has 6 nitrogen and oxygen atoms in total. The molecular weight excluding hydrogens is 244 g/mol. The molecule has 2 rings (SSSR count). The van der Waals surface area contributed by atoms with Crippen molar-refractivity contribution in [2.45, 2.75) is 33.6 Å². The second-order valence-corrected chi connectivity index (χ2v) is 4.38. The topological polar surface area (TPSA) is 80.9 Å². The Morgan fingerprint density at radius 2 is 2.11 bits per heavy atom. The van der Waals surface area contributed by atoms with Gasteiger partial charge in [-0.15, -0.1) is 5.10 Å². The maximum absolute atomic E-state index is 11.5. The third kappa shape index (κ3) is 2.33. The van der Waals surface area contributed by atoms with E-state index < -0.39 is 5.97 Å². The van der Waals surface area contributed by atoms with Gasteiger partial charge in [-0.1, -0.05) is 6.92 Å². The highest BCUT2D eigenvalue weighted by molar-refractivity contribution is 5.93. The first-order valence-electron chi connectivity index (χ1n) is 6.16. The van der Waals surface area contributed by atoms with Gasteiger partial charge in [-0.3, -0.25) is 4.57 Å². The maximum atomic E-state index is 11.5. The third-order valence-electron chi connectivity index (χ3n) is 3.07. The van der Waals surface area contributed by atoms with Crippen molar-refractivity contribution in [2.24, 2.45) is 0 Å². The molecular formula is C13H16N4O2. The molecule has 0 aliphatic rings. The molecule has 19 heavy (non-hydrogen) atoms. The van der Waals surface area contributed by atoms with Gasteiger partial charge in [0.25, 0.3) is 0 Å². The number of carbonyl (C=O) groups is 1. The summed E-state index contributed by atoms with van der Waals surface area (Å²) in [5.41, 5.74) is 1.44. The standard InChI is InChI=1S/C13H16N4O2/c1-4-5-10-14-6-7-17(10)12-11(13(18)19)8(2)9(3)15-16-12/h6-7H,4-5H2,1-3H3,(H,18,19). The van der Waals surface area contributed by atoms with Gasteiger partial charge >= 0.3 is 5.97 Å². The van der Waals surface area contributed by atoms with Crippen LogP contribution in [0.25, 0.3) is 5.82 Å². The summed E-state index contributed by atoms with van der Waals surface area (Å²) >= 11 is 0. The molecule has 0 saturated heterocycles. The van der Waals surface area contributed by atoms with Gasteiger partial charge in [-0.25, -0.2) is 9.78 Å². The fourth-order valence-corrected chi connectivity index (χ4v) is 1.96. The number of imidazole rings is 1. The monoisotopic (exact) mass is 260 g/mol. The summed E-state index contributed by atoms with van der Waals surface area (Å²) in [4.78, 5) is 15.7. The zero-order valence-corrected chi connectivity index (χ0v) is 11.2. The molecule has 2 aromatic rings. The highest BCUT2D eigenvalue weighted by Crippen LogP contribution is 2.19. The van der Waals surface area contributed by atoms with E-state index in [0.717, 1.165) is 18.7 Å². The highest BCUT2D eigenvalue weighted by Gasteiger charge is 2.20. The zero-order chi connectivity index (χ0) is 14.0. The van der Waals surface area contributed by atoms with Gasteiger partial charge in [0.15, 0.2) is 5.82 Å². The van der Waals surface area contributed by atoms with Crippen LogP contribution in [0.5, 0.6) is 0 Å². The molecule has 6 heteroatoms. The molecule has 1 N–H and O–H groups in total. The molecule has 0 spiro atoms. The summed E-state index contributed by atoms with van der Waals surface area (Å²) in [5.74, 6) is 0.126. The van der Waals surface area contributed by atoms with Crippen LogP contribution < -0.4 is 0 Å². The summed E-state index contributed by atoms with van der Waals surface area (Å²) < 4.78 is 1.70. The number of aromatic nitrogens is 4. The molecule has 2 aromatic heterocycles. The molecule has 0 fully saturated rings. The van der Waals surface area contributed by atoms with Crippen molar-refractivity contribution in [2.75, 3.05) is 0 Å². The SMILES string of the molecule is CCCc1nccn1-c1nnc(C)c(C)c1C(=O)O. The summed E-state index contributed by atoms with van der Waals surface area (Å²) in [6.07, 6.45) is 5.06. The van der Waals surface area contributed by atoms with Crippen LogP contribution in [0.4, 0.5) is 0 Å². The summed E-state index contributed by atoms with van der Waals surface area (Å²) in [6, 6.07) is 0. The van der Waals surface area contributed by atoms with Crippen LogP contribution in [0.3, 0.4) is 0 Å². The Bertz CT molecular complexity index is 619. The Morgan fingerprint density at radius 1 is 1.37 bits per heavy atom. The van der Waals surface area contributed by atoms with Gasteiger partial charge in [-0.2, -0.15) is 5.10 Å². The van der Waals surface area contributed by atoms with Gasteiger partial charge < -0.3 is 5.11 Å². The lowest BCUT2D eigenvalue weighted by molar-refractivity contribution is 0.0695. The number of carboxylic acid groups (broad SMARTS) is 1. The van der Waals surface area contributed by atoms with E-state index in [-0.39, 0.29) is 5.56 Å². The van der Waals surface area contributed by atoms with Gasteiger partial charge in [0.1, 0.15) is 11.4 Å². The first kappa shape index (κ1) is 13.2. The Labute approximate surface area is 111 Å². The van der Waals surface area contributed by atoms with E-state index in [4.69, 9.17) is 0 Å². The van der Waals surface area contributed by atoms with Crippen LogP contribution in [0.2, 0.25) is 0 Å². The summed E-state index contributed by atoms with van der Waals surface area (Å²) in [6.45, 7) is 5.54. The van der Waals surface area contributed by atoms with Crippen LogP contribution in [0.15, 0.2) is 12.4 Å². The predicted octanol–water partition coefficient (Wildman–Crippen LogP) is 1.93. The van der Waals surface area contributed by atoms with Crippen molar-refractivity contribution >= 4 is 5.97 Å². The summed E-state index contributed by atoms with van der Waals surface area (Å²) in [7, 11) is 0. The minimum atomic E-state index is -0.998. The second kappa shape index (κ2) is 5.17. The van der Waals surface area contributed by atoms with E-state index in [1.165, 1.54) is 0 Å². The minimum absolute atomic E-state index is 0.183. The average Bonchev–Trinajstić information content (AvgIpc) is 2.80. The first-order valence-corrected chi connectivity index (χ1v) is 6.16. The van der Waals surface area contributed by atoms with Gasteiger partial charge in [0.05, 0.1) is 5.69 Å². The number of aromatic carboxylic acids is 1. The molecule has 0 atom stereocenters. The van der Waals surface area contributed by atoms with Gasteiger partial charge in [0, 0.05) is 18.8 Å². The number of hydrogen-bond donors (Lipinski definition) is 1. The number of aryl methyl sites for hydroxylation is 2. The lowest BCUT2D eigenvalue weighted by Crippen LogP contribution is -2.14. The minimum Gasteiger partial charge on any atom is -0.478 e. The number of rotatable bonds is 4. The lowest BCUT2D eigenvalue weighted by Gasteiger charge is -2.11. The molecule has 0 bridgehead atoms. The predicted molar refractivity (Wildman–Crippen MR) is 69.6 cm³/mol. The molecule has 100 valence electrons. The van der Waals surface area contributed by atoms with E-state index in [1.807, 2.05) is 6.92 Å². The molecule has 0 amide bonds. The van der Waals surface area contributed by atoms with E-state index in [0.29, 0.717) is 17.1 Å². The number of carboxylic acids is 1. The fourth-order valence-electron chi connectivity index (χ4n) is 1.96. The van der Waals surface area contributed by atoms with Crippen molar-refractivity contribution in [1.29, 1.82) is 0 Å². The summed E-state index contributed by atoms with van der Waals surface area (Å²) in [5, 5.41) is 17.4. The van der Waals surface area contributed by atoms with E-state index in [1.54, 1.807) is 30.8 Å². The van der Waals surface area contributed by atoms with Crippen molar-refractivity contribution in [3.05, 3.63) is 35.0 Å². The molecule has 0 radical (unpaired) electrons. The number of hydrogen-bond acceptors (Lipinski definition) is 4.